The van der Waals surface area contributed by atoms with E-state index in [0.29, 0.717) is 5.75 Å². The number of fused-ring (bicyclic) bond motifs is 1. The number of para-hydroxylation sites is 2. The molecule has 2 heterocycles. The number of anilines is 1. The maximum absolute atomic E-state index is 12.4. The average molecular weight is 345 g/mol. The van der Waals surface area contributed by atoms with Crippen LogP contribution in [0.15, 0.2) is 41.8 Å². The molecule has 0 radical (unpaired) electrons. The molecular formula is C17H19N3O3S. The van der Waals surface area contributed by atoms with Gasteiger partial charge in [0.05, 0.1) is 24.8 Å². The van der Waals surface area contributed by atoms with E-state index in [1.807, 2.05) is 47.5 Å². The zero-order chi connectivity index (χ0) is 17.1. The Morgan fingerprint density at radius 1 is 1.38 bits per heavy atom. The number of rotatable bonds is 5. The number of benzene rings is 1. The molecule has 1 aromatic carbocycles. The largest absolute Gasteiger partial charge is 0.477 e. The van der Waals surface area contributed by atoms with Crippen LogP contribution in [-0.2, 0) is 9.59 Å². The zero-order valence-corrected chi connectivity index (χ0v) is 14.1. The number of primary amides is 1. The summed E-state index contributed by atoms with van der Waals surface area (Å²) in [5.74, 6) is -0.0932. The van der Waals surface area contributed by atoms with Gasteiger partial charge in [-0.1, -0.05) is 18.2 Å². The lowest BCUT2D eigenvalue weighted by atomic mass is 10.1. The number of thiophene rings is 1. The molecule has 2 atom stereocenters. The first kappa shape index (κ1) is 16.3. The summed E-state index contributed by atoms with van der Waals surface area (Å²) in [5, 5.41) is 4.96. The van der Waals surface area contributed by atoms with Gasteiger partial charge < -0.3 is 20.7 Å². The van der Waals surface area contributed by atoms with Crippen molar-refractivity contribution >= 4 is 28.8 Å². The number of nitrogens with two attached hydrogens (primary N) is 1. The summed E-state index contributed by atoms with van der Waals surface area (Å²) < 4.78 is 5.60. The SMILES string of the molecule is C[C@H](NC(=O)CN1C[C@@H](C(N)=O)Oc2ccccc21)c1cccs1. The Morgan fingerprint density at radius 3 is 2.88 bits per heavy atom. The summed E-state index contributed by atoms with van der Waals surface area (Å²) in [5.41, 5.74) is 6.16. The van der Waals surface area contributed by atoms with E-state index in [9.17, 15) is 9.59 Å². The zero-order valence-electron chi connectivity index (χ0n) is 13.3. The summed E-state index contributed by atoms with van der Waals surface area (Å²) in [6, 6.07) is 11.2. The van der Waals surface area contributed by atoms with Gasteiger partial charge >= 0.3 is 0 Å². The van der Waals surface area contributed by atoms with Crippen LogP contribution in [0.4, 0.5) is 5.69 Å². The van der Waals surface area contributed by atoms with E-state index >= 15 is 0 Å². The molecule has 126 valence electrons. The first-order valence-corrected chi connectivity index (χ1v) is 8.55. The molecule has 0 fully saturated rings. The second-order valence-electron chi connectivity index (χ2n) is 5.66. The van der Waals surface area contributed by atoms with Gasteiger partial charge in [-0.2, -0.15) is 0 Å². The summed E-state index contributed by atoms with van der Waals surface area (Å²) in [6.45, 7) is 2.34. The molecule has 3 rings (SSSR count). The van der Waals surface area contributed by atoms with Crippen LogP contribution in [0.25, 0.3) is 0 Å². The minimum Gasteiger partial charge on any atom is -0.477 e. The highest BCUT2D eigenvalue weighted by Gasteiger charge is 2.30. The highest BCUT2D eigenvalue weighted by molar-refractivity contribution is 7.10. The van der Waals surface area contributed by atoms with Gasteiger partial charge in [-0.25, -0.2) is 0 Å². The molecule has 0 saturated carbocycles. The standard InChI is InChI=1S/C17H19N3O3S/c1-11(15-7-4-8-24-15)19-16(21)10-20-9-14(17(18)22)23-13-6-3-2-5-12(13)20/h2-8,11,14H,9-10H2,1H3,(H2,18,22)(H,19,21)/t11-,14-/m0/s1. The van der Waals surface area contributed by atoms with Crippen LogP contribution in [0, 0.1) is 0 Å². The van der Waals surface area contributed by atoms with E-state index < -0.39 is 12.0 Å². The second-order valence-corrected chi connectivity index (χ2v) is 6.64. The van der Waals surface area contributed by atoms with Crippen molar-refractivity contribution in [1.29, 1.82) is 0 Å². The minimum absolute atomic E-state index is 0.0549. The fourth-order valence-corrected chi connectivity index (χ4v) is 3.41. The third-order valence-corrected chi connectivity index (χ3v) is 4.92. The molecule has 6 nitrogen and oxygen atoms in total. The van der Waals surface area contributed by atoms with Crippen LogP contribution in [-0.4, -0.2) is 31.0 Å². The normalized spacial score (nSPS) is 17.5. The predicted octanol–water partition coefficient (Wildman–Crippen LogP) is 1.68. The molecule has 0 aliphatic carbocycles. The smallest absolute Gasteiger partial charge is 0.260 e. The van der Waals surface area contributed by atoms with Crippen LogP contribution >= 0.6 is 11.3 Å². The predicted molar refractivity (Wildman–Crippen MR) is 93.1 cm³/mol. The number of nitrogens with zero attached hydrogens (tertiary/aromatic N) is 1. The Balaban J connectivity index is 1.71. The monoisotopic (exact) mass is 345 g/mol. The maximum atomic E-state index is 12.4. The van der Waals surface area contributed by atoms with Gasteiger partial charge in [-0.3, -0.25) is 9.59 Å². The van der Waals surface area contributed by atoms with Crippen LogP contribution in [0.1, 0.15) is 17.8 Å². The average Bonchev–Trinajstić information content (AvgIpc) is 3.09. The molecule has 7 heteroatoms. The van der Waals surface area contributed by atoms with E-state index in [2.05, 4.69) is 5.32 Å². The van der Waals surface area contributed by atoms with Crippen LogP contribution < -0.4 is 20.7 Å². The third-order valence-electron chi connectivity index (χ3n) is 3.86. The second kappa shape index (κ2) is 6.92. The van der Waals surface area contributed by atoms with Gasteiger partial charge in [0.2, 0.25) is 5.91 Å². The van der Waals surface area contributed by atoms with E-state index in [4.69, 9.17) is 10.5 Å². The number of amides is 2. The van der Waals surface area contributed by atoms with Crippen molar-refractivity contribution in [2.24, 2.45) is 5.73 Å². The molecule has 1 aliphatic heterocycles. The molecule has 3 N–H and O–H groups in total. The number of nitrogens with one attached hydrogen (secondary N) is 1. The molecule has 0 bridgehead atoms. The Labute approximate surface area is 144 Å². The number of ether oxygens (including phenoxy) is 1. The molecular weight excluding hydrogens is 326 g/mol. The first-order valence-electron chi connectivity index (χ1n) is 7.67. The Bertz CT molecular complexity index is 732. The van der Waals surface area contributed by atoms with Crippen molar-refractivity contribution in [1.82, 2.24) is 5.32 Å². The molecule has 2 aromatic rings. The van der Waals surface area contributed by atoms with Gasteiger partial charge in [0.25, 0.3) is 5.91 Å². The highest BCUT2D eigenvalue weighted by atomic mass is 32.1. The van der Waals surface area contributed by atoms with Gasteiger partial charge in [0.1, 0.15) is 5.75 Å². The van der Waals surface area contributed by atoms with E-state index in [1.165, 1.54) is 0 Å². The maximum Gasteiger partial charge on any atom is 0.260 e. The third kappa shape index (κ3) is 3.51. The molecule has 0 unspecified atom stereocenters. The lowest BCUT2D eigenvalue weighted by Crippen LogP contribution is -2.50. The number of hydrogen-bond acceptors (Lipinski definition) is 5. The van der Waals surface area contributed by atoms with Gasteiger partial charge in [-0.15, -0.1) is 11.3 Å². The van der Waals surface area contributed by atoms with E-state index in [-0.39, 0.29) is 25.0 Å². The van der Waals surface area contributed by atoms with Crippen molar-refractivity contribution in [3.05, 3.63) is 46.7 Å². The summed E-state index contributed by atoms with van der Waals surface area (Å²) >= 11 is 1.60. The van der Waals surface area contributed by atoms with Gasteiger partial charge in [0.15, 0.2) is 6.10 Å². The fourth-order valence-electron chi connectivity index (χ4n) is 2.67. The molecule has 24 heavy (non-hydrogen) atoms. The van der Waals surface area contributed by atoms with Gasteiger partial charge in [-0.05, 0) is 30.5 Å². The van der Waals surface area contributed by atoms with Crippen LogP contribution in [0.2, 0.25) is 0 Å². The fraction of sp³-hybridized carbons (Fsp3) is 0.294. The highest BCUT2D eigenvalue weighted by Crippen LogP contribution is 2.32. The van der Waals surface area contributed by atoms with Gasteiger partial charge in [0, 0.05) is 4.88 Å². The summed E-state index contributed by atoms with van der Waals surface area (Å²) in [6.07, 6.45) is -0.762. The lowest BCUT2D eigenvalue weighted by Gasteiger charge is -2.34. The Hall–Kier alpha value is -2.54. The Kier molecular flexibility index (Phi) is 4.71. The van der Waals surface area contributed by atoms with Crippen molar-refractivity contribution < 1.29 is 14.3 Å². The Morgan fingerprint density at radius 2 is 2.17 bits per heavy atom. The van der Waals surface area contributed by atoms with E-state index in [1.54, 1.807) is 17.4 Å². The van der Waals surface area contributed by atoms with E-state index in [0.717, 1.165) is 10.6 Å². The van der Waals surface area contributed by atoms with Crippen LogP contribution in [0.3, 0.4) is 0 Å². The topological polar surface area (TPSA) is 84.7 Å². The quantitative estimate of drug-likeness (QED) is 0.863. The molecule has 0 spiro atoms. The van der Waals surface area contributed by atoms with Crippen LogP contribution in [0.5, 0.6) is 5.75 Å². The molecule has 2 amide bonds. The summed E-state index contributed by atoms with van der Waals surface area (Å²) in [4.78, 5) is 26.8. The first-order chi connectivity index (χ1) is 11.5. The van der Waals surface area contributed by atoms with Crippen molar-refractivity contribution in [2.75, 3.05) is 18.0 Å². The molecule has 1 aliphatic rings. The lowest BCUT2D eigenvalue weighted by molar-refractivity contribution is -0.125. The number of carbonyl (C=O) groups is 2. The minimum atomic E-state index is -0.762. The summed E-state index contributed by atoms with van der Waals surface area (Å²) in [7, 11) is 0. The molecule has 1 aromatic heterocycles. The van der Waals surface area contributed by atoms with Crippen molar-refractivity contribution in [2.45, 2.75) is 19.1 Å². The molecule has 0 saturated heterocycles. The van der Waals surface area contributed by atoms with Crippen molar-refractivity contribution in [3.8, 4) is 5.75 Å². The van der Waals surface area contributed by atoms with Crippen molar-refractivity contribution in [3.63, 3.8) is 0 Å². The number of carbonyl (C=O) groups excluding carboxylic acids is 2. The number of hydrogen-bond donors (Lipinski definition) is 2.